The van der Waals surface area contributed by atoms with Crippen LogP contribution in [0.5, 0.6) is 11.5 Å². The van der Waals surface area contributed by atoms with E-state index in [2.05, 4.69) is 13.8 Å². The molecule has 0 saturated carbocycles. The van der Waals surface area contributed by atoms with Crippen molar-refractivity contribution in [3.63, 3.8) is 0 Å². The average molecular weight is 427 g/mol. The topological polar surface area (TPSA) is 93.1 Å². The molecule has 0 aliphatic carbocycles. The normalized spacial score (nSPS) is 10.7. The minimum Gasteiger partial charge on any atom is -0.497 e. The van der Waals surface area contributed by atoms with Crippen molar-refractivity contribution in [3.8, 4) is 11.5 Å². The van der Waals surface area contributed by atoms with Crippen LogP contribution in [0.15, 0.2) is 54.6 Å². The molecule has 0 spiro atoms. The highest BCUT2D eigenvalue weighted by atomic mass is 16.5. The summed E-state index contributed by atoms with van der Waals surface area (Å²) >= 11 is 0. The highest BCUT2D eigenvalue weighted by Gasteiger charge is 2.04. The van der Waals surface area contributed by atoms with Crippen molar-refractivity contribution in [1.29, 1.82) is 0 Å². The molecular weight excluding hydrogens is 396 g/mol. The number of methoxy groups -OCH3 is 2. The van der Waals surface area contributed by atoms with Crippen LogP contribution in [0, 0.1) is 5.92 Å². The zero-order chi connectivity index (χ0) is 23.2. The molecular formula is C25H30O6. The third-order valence-electron chi connectivity index (χ3n) is 4.29. The molecule has 2 aromatic rings. The molecule has 0 amide bonds. The molecule has 0 fully saturated rings. The molecule has 2 rings (SSSR count). The molecule has 2 aromatic carbocycles. The maximum absolute atomic E-state index is 10.6. The predicted octanol–water partition coefficient (Wildman–Crippen LogP) is 5.17. The van der Waals surface area contributed by atoms with Crippen LogP contribution < -0.4 is 9.47 Å². The maximum atomic E-state index is 10.6. The maximum Gasteiger partial charge on any atom is 0.328 e. The van der Waals surface area contributed by atoms with Crippen molar-refractivity contribution in [2.45, 2.75) is 26.7 Å². The second kappa shape index (κ2) is 13.6. The van der Waals surface area contributed by atoms with Gasteiger partial charge in [-0.3, -0.25) is 0 Å². The van der Waals surface area contributed by atoms with Gasteiger partial charge in [0.05, 0.1) is 14.2 Å². The molecule has 0 aliphatic heterocycles. The Bertz CT molecular complexity index is 912. The summed E-state index contributed by atoms with van der Waals surface area (Å²) < 4.78 is 10.2. The van der Waals surface area contributed by atoms with E-state index in [4.69, 9.17) is 19.7 Å². The number of carbonyl (C=O) groups is 2. The van der Waals surface area contributed by atoms with Crippen LogP contribution >= 0.6 is 0 Å². The van der Waals surface area contributed by atoms with Crippen molar-refractivity contribution in [2.75, 3.05) is 14.2 Å². The molecule has 0 unspecified atom stereocenters. The van der Waals surface area contributed by atoms with Crippen molar-refractivity contribution in [3.05, 3.63) is 71.3 Å². The van der Waals surface area contributed by atoms with Gasteiger partial charge in [0.2, 0.25) is 0 Å². The summed E-state index contributed by atoms with van der Waals surface area (Å²) in [5.41, 5.74) is 2.83. The summed E-state index contributed by atoms with van der Waals surface area (Å²) in [6.07, 6.45) is 7.38. The second-order valence-electron chi connectivity index (χ2n) is 7.08. The predicted molar refractivity (Wildman–Crippen MR) is 122 cm³/mol. The molecule has 0 aromatic heterocycles. The molecule has 0 atom stereocenters. The highest BCUT2D eigenvalue weighted by Crippen LogP contribution is 2.22. The van der Waals surface area contributed by atoms with Gasteiger partial charge in [-0.1, -0.05) is 38.1 Å². The lowest BCUT2D eigenvalue weighted by atomic mass is 9.98. The minimum atomic E-state index is -0.967. The number of rotatable bonds is 9. The Labute approximate surface area is 183 Å². The molecule has 166 valence electrons. The molecule has 0 heterocycles. The molecule has 0 radical (unpaired) electrons. The molecule has 0 saturated heterocycles. The van der Waals surface area contributed by atoms with Crippen molar-refractivity contribution in [2.24, 2.45) is 5.92 Å². The standard InChI is InChI=1S/C15H20O3.C10H10O3/c1-11(2)4-5-13-10-14(18-3)8-6-12(13)7-9-15(16)17;1-13-9-5-3-2-4-8(9)6-7-10(11)12/h6-11H,4-5H2,1-3H3,(H,16,17);2-7H,1H3,(H,11,12)/b9-7+;7-6+. The Kier molecular flexibility index (Phi) is 11.2. The number of benzene rings is 2. The number of para-hydroxylation sites is 1. The summed E-state index contributed by atoms with van der Waals surface area (Å²) in [6.45, 7) is 4.35. The largest absolute Gasteiger partial charge is 0.497 e. The number of aliphatic carboxylic acids is 2. The van der Waals surface area contributed by atoms with Gasteiger partial charge in [0.15, 0.2) is 0 Å². The minimum absolute atomic E-state index is 0.618. The van der Waals surface area contributed by atoms with Gasteiger partial charge in [0.25, 0.3) is 0 Å². The quantitative estimate of drug-likeness (QED) is 0.537. The first kappa shape index (κ1) is 25.5. The summed E-state index contributed by atoms with van der Waals surface area (Å²) in [4.78, 5) is 20.8. The number of aryl methyl sites for hydroxylation is 1. The van der Waals surface area contributed by atoms with Crippen molar-refractivity contribution >= 4 is 24.1 Å². The van der Waals surface area contributed by atoms with E-state index in [1.54, 1.807) is 32.4 Å². The number of carboxylic acids is 2. The van der Waals surface area contributed by atoms with Gasteiger partial charge in [-0.25, -0.2) is 9.59 Å². The van der Waals surface area contributed by atoms with E-state index in [1.165, 1.54) is 12.2 Å². The van der Waals surface area contributed by atoms with Gasteiger partial charge in [0.1, 0.15) is 11.5 Å². The monoisotopic (exact) mass is 426 g/mol. The van der Waals surface area contributed by atoms with Gasteiger partial charge in [0, 0.05) is 17.7 Å². The SMILES string of the molecule is COc1ccc(/C=C/C(=O)O)c(CCC(C)C)c1.COc1ccccc1/C=C/C(=O)O. The fourth-order valence-electron chi connectivity index (χ4n) is 2.66. The second-order valence-corrected chi connectivity index (χ2v) is 7.08. The first-order valence-electron chi connectivity index (χ1n) is 9.88. The summed E-state index contributed by atoms with van der Waals surface area (Å²) in [5, 5.41) is 17.1. The van der Waals surface area contributed by atoms with Crippen LogP contribution in [0.2, 0.25) is 0 Å². The lowest BCUT2D eigenvalue weighted by molar-refractivity contribution is -0.132. The van der Waals surface area contributed by atoms with Crippen molar-refractivity contribution in [1.82, 2.24) is 0 Å². The molecule has 0 bridgehead atoms. The first-order chi connectivity index (χ1) is 14.8. The molecule has 2 N–H and O–H groups in total. The Balaban J connectivity index is 0.000000327. The van der Waals surface area contributed by atoms with Gasteiger partial charge < -0.3 is 19.7 Å². The van der Waals surface area contributed by atoms with E-state index < -0.39 is 11.9 Å². The lowest BCUT2D eigenvalue weighted by Crippen LogP contribution is -1.96. The molecule has 31 heavy (non-hydrogen) atoms. The van der Waals surface area contributed by atoms with Gasteiger partial charge in [-0.15, -0.1) is 0 Å². The van der Waals surface area contributed by atoms with E-state index in [0.29, 0.717) is 11.7 Å². The average Bonchev–Trinajstić information content (AvgIpc) is 2.75. The van der Waals surface area contributed by atoms with E-state index in [0.717, 1.165) is 41.4 Å². The molecule has 6 heteroatoms. The van der Waals surface area contributed by atoms with Crippen molar-refractivity contribution < 1.29 is 29.3 Å². The number of hydrogen-bond acceptors (Lipinski definition) is 4. The third-order valence-corrected chi connectivity index (χ3v) is 4.29. The van der Waals surface area contributed by atoms with E-state index in [9.17, 15) is 9.59 Å². The Hall–Kier alpha value is -3.54. The van der Waals surface area contributed by atoms with Crippen LogP contribution in [0.1, 0.15) is 37.0 Å². The number of carboxylic acid groups (broad SMARTS) is 2. The zero-order valence-electron chi connectivity index (χ0n) is 18.4. The van der Waals surface area contributed by atoms with E-state index >= 15 is 0 Å². The van der Waals surface area contributed by atoms with Gasteiger partial charge in [-0.2, -0.15) is 0 Å². The Morgan fingerprint density at radius 3 is 2.06 bits per heavy atom. The smallest absolute Gasteiger partial charge is 0.328 e. The van der Waals surface area contributed by atoms with Gasteiger partial charge >= 0.3 is 11.9 Å². The Morgan fingerprint density at radius 1 is 0.903 bits per heavy atom. The first-order valence-corrected chi connectivity index (χ1v) is 9.88. The third kappa shape index (κ3) is 10.2. The van der Waals surface area contributed by atoms with Crippen LogP contribution in [0.25, 0.3) is 12.2 Å². The van der Waals surface area contributed by atoms with Crippen LogP contribution in [-0.4, -0.2) is 36.4 Å². The van der Waals surface area contributed by atoms with Crippen LogP contribution in [-0.2, 0) is 16.0 Å². The lowest BCUT2D eigenvalue weighted by Gasteiger charge is -2.10. The fourth-order valence-corrected chi connectivity index (χ4v) is 2.66. The highest BCUT2D eigenvalue weighted by molar-refractivity contribution is 5.86. The van der Waals surface area contributed by atoms with E-state index in [-0.39, 0.29) is 0 Å². The molecule has 0 aliphatic rings. The summed E-state index contributed by atoms with van der Waals surface area (Å²) in [6, 6.07) is 12.9. The number of hydrogen-bond donors (Lipinski definition) is 2. The zero-order valence-corrected chi connectivity index (χ0v) is 18.4. The van der Waals surface area contributed by atoms with Crippen LogP contribution in [0.3, 0.4) is 0 Å². The Morgan fingerprint density at radius 2 is 1.52 bits per heavy atom. The van der Waals surface area contributed by atoms with Gasteiger partial charge in [-0.05, 0) is 60.2 Å². The van der Waals surface area contributed by atoms with Crippen LogP contribution in [0.4, 0.5) is 0 Å². The van der Waals surface area contributed by atoms with E-state index in [1.807, 2.05) is 30.3 Å². The summed E-state index contributed by atoms with van der Waals surface area (Å²) in [7, 11) is 3.18. The molecule has 6 nitrogen and oxygen atoms in total. The number of ether oxygens (including phenoxy) is 2. The fraction of sp³-hybridized carbons (Fsp3) is 0.280. The summed E-state index contributed by atoms with van der Waals surface area (Å²) in [5.74, 6) is 0.195.